The second kappa shape index (κ2) is 7.04. The van der Waals surface area contributed by atoms with Crippen molar-refractivity contribution in [2.24, 2.45) is 5.92 Å². The number of aliphatic hydroxyl groups is 1. The number of alkyl halides is 2. The molecule has 6 heteroatoms. The van der Waals surface area contributed by atoms with Gasteiger partial charge in [-0.2, -0.15) is 8.78 Å². The lowest BCUT2D eigenvalue weighted by Crippen LogP contribution is -2.36. The summed E-state index contributed by atoms with van der Waals surface area (Å²) < 4.78 is 34.0. The molecular formula is C15H21F2NO3. The summed E-state index contributed by atoms with van der Waals surface area (Å²) >= 11 is 0. The first kappa shape index (κ1) is 16.0. The molecule has 0 unspecified atom stereocenters. The lowest BCUT2D eigenvalue weighted by atomic mass is 9.82. The van der Waals surface area contributed by atoms with Crippen LogP contribution in [-0.2, 0) is 6.54 Å². The van der Waals surface area contributed by atoms with Gasteiger partial charge in [-0.25, -0.2) is 0 Å². The molecule has 1 aliphatic carbocycles. The molecule has 0 aromatic heterocycles. The molecule has 21 heavy (non-hydrogen) atoms. The van der Waals surface area contributed by atoms with E-state index in [0.29, 0.717) is 18.2 Å². The number of methoxy groups -OCH3 is 1. The van der Waals surface area contributed by atoms with Gasteiger partial charge in [0.1, 0.15) is 0 Å². The lowest BCUT2D eigenvalue weighted by Gasteiger charge is -2.34. The number of rotatable bonds is 7. The third-order valence-electron chi connectivity index (χ3n) is 3.68. The van der Waals surface area contributed by atoms with Gasteiger partial charge in [-0.15, -0.1) is 0 Å². The molecule has 1 saturated carbocycles. The Labute approximate surface area is 123 Å². The first-order valence-corrected chi connectivity index (χ1v) is 6.96. The first-order valence-electron chi connectivity index (χ1n) is 6.96. The fourth-order valence-corrected chi connectivity index (χ4v) is 2.67. The van der Waals surface area contributed by atoms with Crippen LogP contribution in [0, 0.1) is 5.92 Å². The highest BCUT2D eigenvalue weighted by Gasteiger charge is 2.27. The van der Waals surface area contributed by atoms with Gasteiger partial charge in [0.25, 0.3) is 0 Å². The second-order valence-corrected chi connectivity index (χ2v) is 5.55. The molecule has 4 nitrogen and oxygen atoms in total. The lowest BCUT2D eigenvalue weighted by molar-refractivity contribution is -0.0512. The summed E-state index contributed by atoms with van der Waals surface area (Å²) in [7, 11) is 3.43. The largest absolute Gasteiger partial charge is 0.493 e. The molecule has 0 radical (unpaired) electrons. The van der Waals surface area contributed by atoms with Gasteiger partial charge in [-0.1, -0.05) is 6.07 Å². The van der Waals surface area contributed by atoms with Crippen molar-refractivity contribution in [3.05, 3.63) is 23.8 Å². The Bertz CT molecular complexity index is 464. The van der Waals surface area contributed by atoms with E-state index in [1.54, 1.807) is 12.1 Å². The average molecular weight is 301 g/mol. The summed E-state index contributed by atoms with van der Waals surface area (Å²) in [5, 5.41) is 9.28. The van der Waals surface area contributed by atoms with Crippen molar-refractivity contribution >= 4 is 0 Å². The number of ether oxygens (including phenoxy) is 2. The fourth-order valence-electron chi connectivity index (χ4n) is 2.67. The minimum atomic E-state index is -2.86. The van der Waals surface area contributed by atoms with Crippen LogP contribution < -0.4 is 9.47 Å². The van der Waals surface area contributed by atoms with Crippen molar-refractivity contribution < 1.29 is 23.4 Å². The highest BCUT2D eigenvalue weighted by Crippen LogP contribution is 2.31. The topological polar surface area (TPSA) is 41.9 Å². The highest BCUT2D eigenvalue weighted by molar-refractivity contribution is 5.42. The molecule has 0 atom stereocenters. The second-order valence-electron chi connectivity index (χ2n) is 5.55. The number of benzene rings is 1. The summed E-state index contributed by atoms with van der Waals surface area (Å²) in [6.45, 7) is -1.26. The van der Waals surface area contributed by atoms with E-state index in [4.69, 9.17) is 4.74 Å². The van der Waals surface area contributed by atoms with Crippen molar-refractivity contribution in [1.29, 1.82) is 0 Å². The van der Waals surface area contributed by atoms with Crippen LogP contribution in [0.25, 0.3) is 0 Å². The Balaban J connectivity index is 1.93. The maximum absolute atomic E-state index is 12.3. The van der Waals surface area contributed by atoms with Crippen LogP contribution >= 0.6 is 0 Å². The molecule has 0 heterocycles. The van der Waals surface area contributed by atoms with Gasteiger partial charge in [0.2, 0.25) is 0 Å². The Hall–Kier alpha value is -1.40. The smallest absolute Gasteiger partial charge is 0.387 e. The molecule has 0 amide bonds. The molecule has 1 fully saturated rings. The van der Waals surface area contributed by atoms with Crippen LogP contribution in [0.3, 0.4) is 0 Å². The summed E-state index contributed by atoms with van der Waals surface area (Å²) in [4.78, 5) is 2.15. The van der Waals surface area contributed by atoms with E-state index < -0.39 is 6.61 Å². The molecule has 2 rings (SSSR count). The molecular weight excluding hydrogens is 280 g/mol. The number of halogens is 2. The third-order valence-corrected chi connectivity index (χ3v) is 3.68. The van der Waals surface area contributed by atoms with E-state index in [1.165, 1.54) is 13.2 Å². The summed E-state index contributed by atoms with van der Waals surface area (Å²) in [6, 6.07) is 4.97. The van der Waals surface area contributed by atoms with E-state index in [1.807, 2.05) is 7.05 Å². The molecule has 0 bridgehead atoms. The minimum Gasteiger partial charge on any atom is -0.493 e. The van der Waals surface area contributed by atoms with Gasteiger partial charge in [-0.3, -0.25) is 0 Å². The SMILES string of the molecule is COc1cc(CN(C)CC2CC(O)C2)ccc1OC(F)F. The van der Waals surface area contributed by atoms with E-state index >= 15 is 0 Å². The highest BCUT2D eigenvalue weighted by atomic mass is 19.3. The van der Waals surface area contributed by atoms with Gasteiger partial charge in [0.15, 0.2) is 11.5 Å². The molecule has 0 aliphatic heterocycles. The van der Waals surface area contributed by atoms with Crippen LogP contribution in [0.15, 0.2) is 18.2 Å². The predicted octanol–water partition coefficient (Wildman–Crippen LogP) is 2.50. The number of aliphatic hydroxyl groups excluding tert-OH is 1. The van der Waals surface area contributed by atoms with Crippen molar-refractivity contribution in [2.45, 2.75) is 32.1 Å². The van der Waals surface area contributed by atoms with Crippen molar-refractivity contribution in [3.8, 4) is 11.5 Å². The molecule has 118 valence electrons. The van der Waals surface area contributed by atoms with Gasteiger partial charge < -0.3 is 19.5 Å². The summed E-state index contributed by atoms with van der Waals surface area (Å²) in [5.41, 5.74) is 0.968. The number of hydrogen-bond donors (Lipinski definition) is 1. The standard InChI is InChI=1S/C15H21F2NO3/c1-18(9-11-5-12(19)6-11)8-10-3-4-13(21-15(16)17)14(7-10)20-2/h3-4,7,11-12,15,19H,5-6,8-9H2,1-2H3. The Morgan fingerprint density at radius 3 is 2.62 bits per heavy atom. The predicted molar refractivity (Wildman–Crippen MR) is 74.7 cm³/mol. The average Bonchev–Trinajstić information content (AvgIpc) is 2.38. The zero-order valence-corrected chi connectivity index (χ0v) is 12.3. The Morgan fingerprint density at radius 2 is 2.05 bits per heavy atom. The molecule has 0 saturated heterocycles. The molecule has 1 aromatic carbocycles. The maximum Gasteiger partial charge on any atom is 0.387 e. The normalized spacial score (nSPS) is 21.5. The van der Waals surface area contributed by atoms with E-state index in [2.05, 4.69) is 9.64 Å². The molecule has 1 aromatic rings. The quantitative estimate of drug-likeness (QED) is 0.840. The molecule has 1 N–H and O–H groups in total. The van der Waals surface area contributed by atoms with E-state index in [-0.39, 0.29) is 11.9 Å². The number of nitrogens with zero attached hydrogens (tertiary/aromatic N) is 1. The van der Waals surface area contributed by atoms with Crippen molar-refractivity contribution in [3.63, 3.8) is 0 Å². The van der Waals surface area contributed by atoms with Crippen LogP contribution in [0.5, 0.6) is 11.5 Å². The van der Waals surface area contributed by atoms with Crippen LogP contribution in [0.1, 0.15) is 18.4 Å². The van der Waals surface area contributed by atoms with Gasteiger partial charge >= 0.3 is 6.61 Å². The fraction of sp³-hybridized carbons (Fsp3) is 0.600. The summed E-state index contributed by atoms with van der Waals surface area (Å²) in [5.74, 6) is 0.884. The first-order chi connectivity index (χ1) is 9.97. The third kappa shape index (κ3) is 4.54. The zero-order chi connectivity index (χ0) is 15.4. The number of hydrogen-bond acceptors (Lipinski definition) is 4. The van der Waals surface area contributed by atoms with E-state index in [9.17, 15) is 13.9 Å². The van der Waals surface area contributed by atoms with Crippen LogP contribution in [0.4, 0.5) is 8.78 Å². The van der Waals surface area contributed by atoms with Gasteiger partial charge in [0, 0.05) is 13.1 Å². The zero-order valence-electron chi connectivity index (χ0n) is 12.3. The monoisotopic (exact) mass is 301 g/mol. The molecule has 1 aliphatic rings. The summed E-state index contributed by atoms with van der Waals surface area (Å²) in [6.07, 6.45) is 1.57. The van der Waals surface area contributed by atoms with Gasteiger partial charge in [-0.05, 0) is 43.5 Å². The van der Waals surface area contributed by atoms with Gasteiger partial charge in [0.05, 0.1) is 13.2 Å². The molecule has 0 spiro atoms. The Kier molecular flexibility index (Phi) is 5.36. The maximum atomic E-state index is 12.3. The van der Waals surface area contributed by atoms with Crippen LogP contribution in [-0.4, -0.2) is 43.4 Å². The van der Waals surface area contributed by atoms with Crippen molar-refractivity contribution in [1.82, 2.24) is 4.90 Å². The van der Waals surface area contributed by atoms with Crippen LogP contribution in [0.2, 0.25) is 0 Å². The minimum absolute atomic E-state index is 0.0426. The van der Waals surface area contributed by atoms with E-state index in [0.717, 1.165) is 24.9 Å². The van der Waals surface area contributed by atoms with Crippen molar-refractivity contribution in [2.75, 3.05) is 20.7 Å². The Morgan fingerprint density at radius 1 is 1.33 bits per heavy atom.